The summed E-state index contributed by atoms with van der Waals surface area (Å²) in [5.74, 6) is 0. The Bertz CT molecular complexity index is 336. The molecule has 0 radical (unpaired) electrons. The van der Waals surface area contributed by atoms with E-state index in [2.05, 4.69) is 43.0 Å². The van der Waals surface area contributed by atoms with Crippen molar-refractivity contribution in [1.29, 1.82) is 0 Å². The maximum Gasteiger partial charge on any atom is 0.0371 e. The van der Waals surface area contributed by atoms with Gasteiger partial charge < -0.3 is 10.6 Å². The number of benzene rings is 1. The fourth-order valence-corrected chi connectivity index (χ4v) is 2.56. The molecule has 0 saturated heterocycles. The number of rotatable bonds is 6. The molecule has 1 aliphatic rings. The minimum Gasteiger partial charge on any atom is -0.366 e. The van der Waals surface area contributed by atoms with Gasteiger partial charge in [0, 0.05) is 24.3 Å². The maximum atomic E-state index is 5.65. The molecule has 2 nitrogen and oxygen atoms in total. The molecule has 0 bridgehead atoms. The van der Waals surface area contributed by atoms with Gasteiger partial charge in [0.15, 0.2) is 0 Å². The highest BCUT2D eigenvalue weighted by Crippen LogP contribution is 2.35. The summed E-state index contributed by atoms with van der Waals surface area (Å²) in [5.41, 5.74) is 8.24. The highest BCUT2D eigenvalue weighted by molar-refractivity contribution is 5.50. The molecule has 0 unspecified atom stereocenters. The van der Waals surface area contributed by atoms with Crippen LogP contribution in [0.15, 0.2) is 24.3 Å². The molecule has 2 N–H and O–H groups in total. The van der Waals surface area contributed by atoms with Gasteiger partial charge in [-0.1, -0.05) is 26.0 Å². The topological polar surface area (TPSA) is 29.3 Å². The quantitative estimate of drug-likeness (QED) is 0.815. The first kappa shape index (κ1) is 12.4. The van der Waals surface area contributed by atoms with Crippen LogP contribution in [-0.2, 0) is 6.54 Å². The third kappa shape index (κ3) is 2.81. The summed E-state index contributed by atoms with van der Waals surface area (Å²) >= 11 is 0. The number of nitrogens with two attached hydrogens (primary N) is 1. The molecule has 1 aliphatic carbocycles. The van der Waals surface area contributed by atoms with Crippen LogP contribution in [-0.4, -0.2) is 12.1 Å². The van der Waals surface area contributed by atoms with Gasteiger partial charge >= 0.3 is 0 Å². The molecule has 0 spiro atoms. The van der Waals surface area contributed by atoms with Crippen molar-refractivity contribution in [3.05, 3.63) is 29.8 Å². The van der Waals surface area contributed by atoms with Gasteiger partial charge in [-0.05, 0) is 43.4 Å². The number of nitrogens with zero attached hydrogens (tertiary/aromatic N) is 1. The molecule has 0 atom stereocenters. The van der Waals surface area contributed by atoms with Crippen LogP contribution in [0.3, 0.4) is 0 Å². The van der Waals surface area contributed by atoms with Gasteiger partial charge in [-0.25, -0.2) is 0 Å². The van der Waals surface area contributed by atoms with Crippen molar-refractivity contribution in [2.45, 2.75) is 58.2 Å². The molecule has 94 valence electrons. The molecule has 1 aromatic carbocycles. The Morgan fingerprint density at radius 3 is 2.18 bits per heavy atom. The molecule has 0 aromatic heterocycles. The van der Waals surface area contributed by atoms with Crippen LogP contribution in [0.25, 0.3) is 0 Å². The standard InChI is InChI=1S/C15H24N2/c1-3-13(4-2)17(15-9-10-15)14-7-5-12(11-16)6-8-14/h5-8,13,15H,3-4,9-11,16H2,1-2H3. The predicted octanol–water partition coefficient (Wildman–Crippen LogP) is 3.30. The first-order valence-electron chi connectivity index (χ1n) is 6.87. The fourth-order valence-electron chi connectivity index (χ4n) is 2.56. The lowest BCUT2D eigenvalue weighted by atomic mass is 10.1. The highest BCUT2D eigenvalue weighted by Gasteiger charge is 2.32. The second-order valence-electron chi connectivity index (χ2n) is 4.98. The van der Waals surface area contributed by atoms with E-state index in [1.165, 1.54) is 36.9 Å². The Kier molecular flexibility index (Phi) is 4.06. The summed E-state index contributed by atoms with van der Waals surface area (Å²) in [7, 11) is 0. The van der Waals surface area contributed by atoms with Gasteiger partial charge in [0.2, 0.25) is 0 Å². The lowest BCUT2D eigenvalue weighted by molar-refractivity contribution is 0.553. The van der Waals surface area contributed by atoms with Crippen LogP contribution in [0.5, 0.6) is 0 Å². The van der Waals surface area contributed by atoms with Gasteiger partial charge in [0.05, 0.1) is 0 Å². The normalized spacial score (nSPS) is 15.3. The molecule has 2 heteroatoms. The predicted molar refractivity (Wildman–Crippen MR) is 74.2 cm³/mol. The molecule has 2 rings (SSSR count). The Morgan fingerprint density at radius 2 is 1.76 bits per heavy atom. The van der Waals surface area contributed by atoms with E-state index in [0.717, 1.165) is 6.04 Å². The van der Waals surface area contributed by atoms with E-state index in [4.69, 9.17) is 5.73 Å². The van der Waals surface area contributed by atoms with Gasteiger partial charge in [-0.2, -0.15) is 0 Å². The summed E-state index contributed by atoms with van der Waals surface area (Å²) in [4.78, 5) is 2.63. The van der Waals surface area contributed by atoms with E-state index in [1.807, 2.05) is 0 Å². The average molecular weight is 232 g/mol. The minimum absolute atomic E-state index is 0.634. The van der Waals surface area contributed by atoms with Gasteiger partial charge in [-0.15, -0.1) is 0 Å². The molecule has 1 fully saturated rings. The molecule has 17 heavy (non-hydrogen) atoms. The minimum atomic E-state index is 0.634. The van der Waals surface area contributed by atoms with Crippen molar-refractivity contribution in [2.75, 3.05) is 4.90 Å². The lowest BCUT2D eigenvalue weighted by Gasteiger charge is -2.33. The molecule has 0 amide bonds. The zero-order valence-corrected chi connectivity index (χ0v) is 11.0. The SMILES string of the molecule is CCC(CC)N(c1ccc(CN)cc1)C1CC1. The van der Waals surface area contributed by atoms with E-state index in [-0.39, 0.29) is 0 Å². The van der Waals surface area contributed by atoms with Crippen LogP contribution >= 0.6 is 0 Å². The van der Waals surface area contributed by atoms with Crippen molar-refractivity contribution < 1.29 is 0 Å². The fraction of sp³-hybridized carbons (Fsp3) is 0.600. The number of hydrogen-bond acceptors (Lipinski definition) is 2. The molecule has 1 saturated carbocycles. The second kappa shape index (κ2) is 5.54. The van der Waals surface area contributed by atoms with Crippen LogP contribution in [0.2, 0.25) is 0 Å². The van der Waals surface area contributed by atoms with Crippen LogP contribution < -0.4 is 10.6 Å². The summed E-state index contributed by atoms with van der Waals surface area (Å²) in [5, 5.41) is 0. The van der Waals surface area contributed by atoms with Crippen LogP contribution in [0.4, 0.5) is 5.69 Å². The molecule has 1 aromatic rings. The van der Waals surface area contributed by atoms with E-state index >= 15 is 0 Å². The Balaban J connectivity index is 2.19. The van der Waals surface area contributed by atoms with Crippen molar-refractivity contribution in [3.63, 3.8) is 0 Å². The van der Waals surface area contributed by atoms with Crippen LogP contribution in [0, 0.1) is 0 Å². The van der Waals surface area contributed by atoms with Gasteiger partial charge in [0.25, 0.3) is 0 Å². The van der Waals surface area contributed by atoms with Crippen molar-refractivity contribution in [1.82, 2.24) is 0 Å². The highest BCUT2D eigenvalue weighted by atomic mass is 15.2. The molecular weight excluding hydrogens is 208 g/mol. The van der Waals surface area contributed by atoms with E-state index < -0.39 is 0 Å². The van der Waals surface area contributed by atoms with Gasteiger partial charge in [-0.3, -0.25) is 0 Å². The largest absolute Gasteiger partial charge is 0.366 e. The third-order valence-electron chi connectivity index (χ3n) is 3.75. The maximum absolute atomic E-state index is 5.65. The zero-order valence-electron chi connectivity index (χ0n) is 11.0. The number of anilines is 1. The monoisotopic (exact) mass is 232 g/mol. The Hall–Kier alpha value is -1.02. The Morgan fingerprint density at radius 1 is 1.18 bits per heavy atom. The molecule has 0 aliphatic heterocycles. The third-order valence-corrected chi connectivity index (χ3v) is 3.75. The van der Waals surface area contributed by atoms with Crippen molar-refractivity contribution >= 4 is 5.69 Å². The van der Waals surface area contributed by atoms with E-state index in [1.54, 1.807) is 0 Å². The molecule has 0 heterocycles. The molecular formula is C15H24N2. The zero-order chi connectivity index (χ0) is 12.3. The number of hydrogen-bond donors (Lipinski definition) is 1. The lowest BCUT2D eigenvalue weighted by Crippen LogP contribution is -2.36. The summed E-state index contributed by atoms with van der Waals surface area (Å²) in [6.45, 7) is 5.21. The first-order chi connectivity index (χ1) is 8.30. The van der Waals surface area contributed by atoms with Crippen molar-refractivity contribution in [3.8, 4) is 0 Å². The summed E-state index contributed by atoms with van der Waals surface area (Å²) < 4.78 is 0. The van der Waals surface area contributed by atoms with Crippen molar-refractivity contribution in [2.24, 2.45) is 5.73 Å². The first-order valence-corrected chi connectivity index (χ1v) is 6.87. The Labute approximate surface area is 105 Å². The van der Waals surface area contributed by atoms with Crippen LogP contribution in [0.1, 0.15) is 45.1 Å². The van der Waals surface area contributed by atoms with Gasteiger partial charge in [0.1, 0.15) is 0 Å². The summed E-state index contributed by atoms with van der Waals surface area (Å²) in [6.07, 6.45) is 5.17. The summed E-state index contributed by atoms with van der Waals surface area (Å²) in [6, 6.07) is 10.3. The second-order valence-corrected chi connectivity index (χ2v) is 4.98. The average Bonchev–Trinajstić information content (AvgIpc) is 3.20. The smallest absolute Gasteiger partial charge is 0.0371 e. The van der Waals surface area contributed by atoms with E-state index in [0.29, 0.717) is 12.6 Å². The van der Waals surface area contributed by atoms with E-state index in [9.17, 15) is 0 Å².